The van der Waals surface area contributed by atoms with Crippen molar-refractivity contribution in [3.05, 3.63) is 84.8 Å². The molecule has 2 aromatic carbocycles. The number of aromatic nitrogens is 5. The van der Waals surface area contributed by atoms with E-state index in [0.29, 0.717) is 36.0 Å². The summed E-state index contributed by atoms with van der Waals surface area (Å²) in [4.78, 5) is 24.2. The van der Waals surface area contributed by atoms with E-state index in [2.05, 4.69) is 20.2 Å². The first-order chi connectivity index (χ1) is 16.7. The fourth-order valence-corrected chi connectivity index (χ4v) is 4.14. The number of hydrogen-bond acceptors (Lipinski definition) is 7. The summed E-state index contributed by atoms with van der Waals surface area (Å²) in [5.74, 6) is 1.66. The van der Waals surface area contributed by atoms with Crippen LogP contribution in [0.1, 0.15) is 34.8 Å². The summed E-state index contributed by atoms with van der Waals surface area (Å²) in [5.41, 5.74) is 2.28. The van der Waals surface area contributed by atoms with E-state index in [0.717, 1.165) is 24.2 Å². The molecule has 1 amide bonds. The van der Waals surface area contributed by atoms with E-state index >= 15 is 0 Å². The summed E-state index contributed by atoms with van der Waals surface area (Å²) in [7, 11) is 1.60. The second kappa shape index (κ2) is 9.70. The molecule has 0 N–H and O–H groups in total. The van der Waals surface area contributed by atoms with Crippen molar-refractivity contribution in [1.29, 1.82) is 0 Å². The first-order valence-electron chi connectivity index (χ1n) is 11.1. The Morgan fingerprint density at radius 2 is 1.85 bits per heavy atom. The summed E-state index contributed by atoms with van der Waals surface area (Å²) in [6.45, 7) is 1.28. The van der Waals surface area contributed by atoms with Gasteiger partial charge in [-0.2, -0.15) is 0 Å². The van der Waals surface area contributed by atoms with Crippen LogP contribution in [0, 0.1) is 0 Å². The fraction of sp³-hybridized carbons (Fsp3) is 0.240. The predicted octanol–water partition coefficient (Wildman–Crippen LogP) is 3.88. The first kappa shape index (κ1) is 21.6. The maximum Gasteiger partial charge on any atom is 0.253 e. The number of piperidine rings is 1. The minimum Gasteiger partial charge on any atom is -0.493 e. The summed E-state index contributed by atoms with van der Waals surface area (Å²) in [6, 6.07) is 14.9. The Balaban J connectivity index is 1.31. The number of carbonyl (C=O) groups excluding carboxylic acids is 1. The lowest BCUT2D eigenvalue weighted by Crippen LogP contribution is -2.39. The molecule has 0 aliphatic carbocycles. The molecule has 1 aliphatic rings. The van der Waals surface area contributed by atoms with Crippen LogP contribution in [0.2, 0.25) is 0 Å². The molecule has 9 nitrogen and oxygen atoms in total. The molecule has 9 heteroatoms. The normalized spacial score (nSPS) is 15.7. The van der Waals surface area contributed by atoms with Gasteiger partial charge in [0.15, 0.2) is 11.5 Å². The van der Waals surface area contributed by atoms with E-state index in [1.165, 1.54) is 0 Å². The zero-order valence-corrected chi connectivity index (χ0v) is 18.7. The van der Waals surface area contributed by atoms with Crippen LogP contribution in [0.4, 0.5) is 0 Å². The Labute approximate surface area is 197 Å². The highest BCUT2D eigenvalue weighted by Gasteiger charge is 2.27. The van der Waals surface area contributed by atoms with Crippen molar-refractivity contribution in [2.45, 2.75) is 18.8 Å². The molecule has 0 bridgehead atoms. The third-order valence-corrected chi connectivity index (χ3v) is 5.85. The van der Waals surface area contributed by atoms with E-state index in [4.69, 9.17) is 9.47 Å². The first-order valence-corrected chi connectivity index (χ1v) is 11.1. The van der Waals surface area contributed by atoms with Crippen molar-refractivity contribution in [2.75, 3.05) is 20.2 Å². The van der Waals surface area contributed by atoms with E-state index in [1.807, 2.05) is 53.4 Å². The van der Waals surface area contributed by atoms with Gasteiger partial charge in [-0.3, -0.25) is 14.3 Å². The number of nitrogens with zero attached hydrogens (tertiary/aromatic N) is 6. The molecule has 1 aliphatic heterocycles. The second-order valence-electron chi connectivity index (χ2n) is 8.04. The Morgan fingerprint density at radius 1 is 1.03 bits per heavy atom. The third kappa shape index (κ3) is 4.59. The van der Waals surface area contributed by atoms with Crippen LogP contribution < -0.4 is 9.47 Å². The zero-order valence-electron chi connectivity index (χ0n) is 18.7. The number of rotatable bonds is 6. The van der Waals surface area contributed by atoms with Crippen LogP contribution in [0.3, 0.4) is 0 Å². The highest BCUT2D eigenvalue weighted by molar-refractivity contribution is 5.94. The van der Waals surface area contributed by atoms with Crippen LogP contribution in [0.25, 0.3) is 5.69 Å². The molecule has 0 saturated carbocycles. The second-order valence-corrected chi connectivity index (χ2v) is 8.04. The van der Waals surface area contributed by atoms with E-state index in [-0.39, 0.29) is 11.8 Å². The number of likely N-dealkylation sites (tertiary alicyclic amines) is 1. The molecule has 34 heavy (non-hydrogen) atoms. The number of ether oxygens (including phenoxy) is 2. The van der Waals surface area contributed by atoms with E-state index in [1.54, 1.807) is 36.7 Å². The maximum absolute atomic E-state index is 13.3. The van der Waals surface area contributed by atoms with Gasteiger partial charge in [-0.05, 0) is 43.2 Å². The highest BCUT2D eigenvalue weighted by Crippen LogP contribution is 2.32. The van der Waals surface area contributed by atoms with Gasteiger partial charge in [0.05, 0.1) is 19.0 Å². The van der Waals surface area contributed by atoms with Crippen molar-refractivity contribution in [3.63, 3.8) is 0 Å². The van der Waals surface area contributed by atoms with Gasteiger partial charge in [-0.1, -0.05) is 18.2 Å². The molecule has 1 saturated heterocycles. The molecule has 2 aromatic heterocycles. The van der Waals surface area contributed by atoms with Gasteiger partial charge >= 0.3 is 0 Å². The van der Waals surface area contributed by atoms with Crippen molar-refractivity contribution in [1.82, 2.24) is 29.6 Å². The lowest BCUT2D eigenvalue weighted by molar-refractivity contribution is 0.0705. The monoisotopic (exact) mass is 456 g/mol. The maximum atomic E-state index is 13.3. The molecule has 0 radical (unpaired) electrons. The zero-order chi connectivity index (χ0) is 23.3. The van der Waals surface area contributed by atoms with Crippen LogP contribution in [0.15, 0.2) is 73.6 Å². The topological polar surface area (TPSA) is 95.3 Å². The van der Waals surface area contributed by atoms with Gasteiger partial charge in [-0.15, -0.1) is 10.2 Å². The lowest BCUT2D eigenvalue weighted by Gasteiger charge is -2.32. The summed E-state index contributed by atoms with van der Waals surface area (Å²) < 4.78 is 13.1. The predicted molar refractivity (Wildman–Crippen MR) is 124 cm³/mol. The molecule has 172 valence electrons. The molecule has 0 spiro atoms. The van der Waals surface area contributed by atoms with Crippen molar-refractivity contribution in [2.24, 2.45) is 0 Å². The summed E-state index contributed by atoms with van der Waals surface area (Å²) in [5, 5.41) is 7.67. The number of amides is 1. The van der Waals surface area contributed by atoms with Crippen LogP contribution in [-0.4, -0.2) is 55.7 Å². The number of para-hydroxylation sites is 2. The summed E-state index contributed by atoms with van der Waals surface area (Å²) in [6.07, 6.45) is 8.37. The fourth-order valence-electron chi connectivity index (χ4n) is 4.14. The molecule has 4 aromatic rings. The number of hydrogen-bond donors (Lipinski definition) is 0. The molecular weight excluding hydrogens is 432 g/mol. The number of carbonyl (C=O) groups is 1. The molecule has 0 unspecified atom stereocenters. The standard InChI is InChI=1S/C25H24N6O3/c1-33-22-9-2-3-10-23(22)34-24-14-26-13-21(29-24)19-7-5-11-30(15-19)25(32)18-6-4-8-20(12-18)31-16-27-28-17-31/h2-4,6,8-10,12-14,16-17,19H,5,7,11,15H2,1H3/t19-/m1/s1. The number of methoxy groups -OCH3 is 1. The minimum absolute atomic E-state index is 0.00555. The smallest absolute Gasteiger partial charge is 0.253 e. The van der Waals surface area contributed by atoms with E-state index in [9.17, 15) is 4.79 Å². The van der Waals surface area contributed by atoms with Crippen molar-refractivity contribution >= 4 is 5.91 Å². The Hall–Kier alpha value is -4.27. The SMILES string of the molecule is COc1ccccc1Oc1cncc([C@@H]2CCCN(C(=O)c3cccc(-n4cnnc4)c3)C2)n1. The van der Waals surface area contributed by atoms with Crippen LogP contribution in [-0.2, 0) is 0 Å². The van der Waals surface area contributed by atoms with E-state index < -0.39 is 0 Å². The van der Waals surface area contributed by atoms with Gasteiger partial charge in [0.2, 0.25) is 5.88 Å². The average molecular weight is 457 g/mol. The van der Waals surface area contributed by atoms with Crippen molar-refractivity contribution in [3.8, 4) is 23.1 Å². The lowest BCUT2D eigenvalue weighted by atomic mass is 9.94. The third-order valence-electron chi connectivity index (χ3n) is 5.85. The highest BCUT2D eigenvalue weighted by atomic mass is 16.5. The number of benzene rings is 2. The largest absolute Gasteiger partial charge is 0.493 e. The van der Waals surface area contributed by atoms with Gasteiger partial charge in [0.25, 0.3) is 5.91 Å². The van der Waals surface area contributed by atoms with Gasteiger partial charge in [-0.25, -0.2) is 4.98 Å². The quantitative estimate of drug-likeness (QED) is 0.434. The molecule has 5 rings (SSSR count). The van der Waals surface area contributed by atoms with Crippen LogP contribution >= 0.6 is 0 Å². The Morgan fingerprint density at radius 3 is 2.68 bits per heavy atom. The molecule has 1 fully saturated rings. The van der Waals surface area contributed by atoms with Crippen LogP contribution in [0.5, 0.6) is 17.4 Å². The average Bonchev–Trinajstić information content (AvgIpc) is 3.44. The van der Waals surface area contributed by atoms with Gasteiger partial charge < -0.3 is 14.4 Å². The minimum atomic E-state index is -0.00555. The van der Waals surface area contributed by atoms with Gasteiger partial charge in [0, 0.05) is 36.5 Å². The summed E-state index contributed by atoms with van der Waals surface area (Å²) >= 11 is 0. The molecular formula is C25H24N6O3. The molecule has 1 atom stereocenters. The molecule has 3 heterocycles. The van der Waals surface area contributed by atoms with Crippen molar-refractivity contribution < 1.29 is 14.3 Å². The Kier molecular flexibility index (Phi) is 6.15. The Bertz CT molecular complexity index is 1280. The van der Waals surface area contributed by atoms with Gasteiger partial charge in [0.1, 0.15) is 12.7 Å².